The van der Waals surface area contributed by atoms with E-state index < -0.39 is 24.4 Å². The first-order chi connectivity index (χ1) is 29.4. The van der Waals surface area contributed by atoms with Crippen molar-refractivity contribution in [3.63, 3.8) is 0 Å². The number of carbonyl (C=O) groups excluding carboxylic acids is 5. The molecule has 0 spiro atoms. The number of hydrogen-bond donors (Lipinski definition) is 4. The van der Waals surface area contributed by atoms with Gasteiger partial charge in [-0.2, -0.15) is 0 Å². The molecule has 1 heterocycles. The van der Waals surface area contributed by atoms with E-state index in [-0.39, 0.29) is 91.6 Å². The average molecular weight is 882 g/mol. The molecule has 1 aliphatic rings. The lowest BCUT2D eigenvalue weighted by Crippen LogP contribution is -2.34. The molecule has 0 unspecified atom stereocenters. The Kier molecular flexibility index (Phi) is 37.7. The quantitative estimate of drug-likeness (QED) is 0.0231. The number of alkyl halides is 1. The first-order valence-electron chi connectivity index (χ1n) is 20.7. The van der Waals surface area contributed by atoms with Gasteiger partial charge in [-0.15, -0.1) is 11.6 Å². The second-order valence-corrected chi connectivity index (χ2v) is 13.0. The van der Waals surface area contributed by atoms with Crippen molar-refractivity contribution in [3.05, 3.63) is 24.3 Å². The molecule has 1 fully saturated rings. The van der Waals surface area contributed by atoms with Gasteiger partial charge < -0.3 is 73.5 Å². The summed E-state index contributed by atoms with van der Waals surface area (Å²) in [5.74, 6) is 0.656. The highest BCUT2D eigenvalue weighted by Gasteiger charge is 2.13. The first-order valence-corrected chi connectivity index (χ1v) is 21.2. The predicted octanol–water partition coefficient (Wildman–Crippen LogP) is 2.91. The minimum Gasteiger partial charge on any atom is -0.447 e. The maximum absolute atomic E-state index is 12.0. The summed E-state index contributed by atoms with van der Waals surface area (Å²) in [6.07, 6.45) is 11.2. The Morgan fingerprint density at radius 3 is 1.37 bits per heavy atom. The van der Waals surface area contributed by atoms with Gasteiger partial charge >= 0.3 is 24.4 Å². The van der Waals surface area contributed by atoms with Crippen molar-refractivity contribution in [2.75, 3.05) is 151 Å². The van der Waals surface area contributed by atoms with Crippen molar-refractivity contribution in [1.82, 2.24) is 26.2 Å². The minimum atomic E-state index is -0.630. The van der Waals surface area contributed by atoms with Crippen molar-refractivity contribution >= 4 is 41.9 Å². The summed E-state index contributed by atoms with van der Waals surface area (Å²) >= 11 is 5.64. The number of hydrogen-bond acceptors (Lipinski definition) is 15. The molecule has 4 N–H and O–H groups in total. The molecule has 60 heavy (non-hydrogen) atoms. The second-order valence-electron chi connectivity index (χ2n) is 12.7. The van der Waals surface area contributed by atoms with Gasteiger partial charge in [-0.3, -0.25) is 4.79 Å². The third-order valence-electron chi connectivity index (χ3n) is 7.84. The zero-order valence-electron chi connectivity index (χ0n) is 35.0. The van der Waals surface area contributed by atoms with Crippen LogP contribution in [0, 0.1) is 0 Å². The van der Waals surface area contributed by atoms with Gasteiger partial charge in [-0.1, -0.05) is 18.9 Å². The fourth-order valence-corrected chi connectivity index (χ4v) is 4.98. The summed E-state index contributed by atoms with van der Waals surface area (Å²) in [6.45, 7) is 6.73. The van der Waals surface area contributed by atoms with Crippen LogP contribution in [0.2, 0.25) is 0 Å². The third kappa shape index (κ3) is 37.1. The number of halogens is 1. The molecule has 1 rings (SSSR count). The van der Waals surface area contributed by atoms with Crippen molar-refractivity contribution in [3.8, 4) is 0 Å². The van der Waals surface area contributed by atoms with Crippen LogP contribution in [-0.2, 0) is 52.2 Å². The molecular weight excluding hydrogens is 814 g/mol. The Balaban J connectivity index is 1.79. The van der Waals surface area contributed by atoms with E-state index in [2.05, 4.69) is 21.3 Å². The number of nitrogens with one attached hydrogen (secondary N) is 4. The van der Waals surface area contributed by atoms with E-state index in [0.29, 0.717) is 52.1 Å². The number of nitrogens with zero attached hydrogens (tertiary/aromatic N) is 1. The number of likely N-dealkylation sites (tertiary alicyclic amines) is 1. The van der Waals surface area contributed by atoms with Crippen LogP contribution in [-0.4, -0.2) is 186 Å². The molecule has 0 aromatic rings. The molecule has 20 nitrogen and oxygen atoms in total. The largest absolute Gasteiger partial charge is 0.447 e. The number of piperidine rings is 1. The number of rotatable bonds is 37. The third-order valence-corrected chi connectivity index (χ3v) is 8.10. The second kappa shape index (κ2) is 41.8. The standard InChI is InChI=1S/C39H68ClN5O15/c40-12-4-1-2-7-19-51-25-26-52-24-16-44-39(50)60-34-32-56-30-28-54-23-15-43-38(49)58-21-9-8-20-57-37(48)42-14-22-53-27-29-55-31-33-59-36(47)41-13-10-11-35(46)45-17-5-3-6-18-45/h8-11H,1-7,12-34H2,(H,41,47)(H,42,48)(H,43,49)(H,44,50)/b9-8+,11-10+. The summed E-state index contributed by atoms with van der Waals surface area (Å²) in [5, 5.41) is 10.2. The fraction of sp³-hybridized carbons (Fsp3) is 0.769. The summed E-state index contributed by atoms with van der Waals surface area (Å²) < 4.78 is 52.3. The summed E-state index contributed by atoms with van der Waals surface area (Å²) in [6, 6.07) is 0. The summed E-state index contributed by atoms with van der Waals surface area (Å²) in [7, 11) is 0. The van der Waals surface area contributed by atoms with Crippen molar-refractivity contribution in [2.24, 2.45) is 0 Å². The zero-order valence-corrected chi connectivity index (χ0v) is 35.7. The molecule has 0 aromatic heterocycles. The van der Waals surface area contributed by atoms with Crippen LogP contribution in [0.1, 0.15) is 44.9 Å². The van der Waals surface area contributed by atoms with Crippen molar-refractivity contribution < 1.29 is 71.3 Å². The Morgan fingerprint density at radius 1 is 0.450 bits per heavy atom. The highest BCUT2D eigenvalue weighted by molar-refractivity contribution is 6.17. The van der Waals surface area contributed by atoms with Crippen LogP contribution in [0.3, 0.4) is 0 Å². The van der Waals surface area contributed by atoms with E-state index >= 15 is 0 Å². The molecule has 346 valence electrons. The maximum atomic E-state index is 12.0. The van der Waals surface area contributed by atoms with Crippen LogP contribution >= 0.6 is 11.6 Å². The number of amides is 5. The van der Waals surface area contributed by atoms with E-state index in [9.17, 15) is 24.0 Å². The van der Waals surface area contributed by atoms with Crippen LogP contribution in [0.25, 0.3) is 0 Å². The minimum absolute atomic E-state index is 0.0134. The summed E-state index contributed by atoms with van der Waals surface area (Å²) in [4.78, 5) is 60.7. The fourth-order valence-electron chi connectivity index (χ4n) is 4.79. The molecule has 5 amide bonds. The number of carbonyl (C=O) groups is 5. The molecule has 1 saturated heterocycles. The van der Waals surface area contributed by atoms with E-state index in [1.54, 1.807) is 11.0 Å². The normalized spacial score (nSPS) is 12.7. The van der Waals surface area contributed by atoms with Gasteiger partial charge in [-0.05, 0) is 44.3 Å². The molecule has 0 aliphatic carbocycles. The van der Waals surface area contributed by atoms with Crippen LogP contribution < -0.4 is 21.3 Å². The Morgan fingerprint density at radius 2 is 0.867 bits per heavy atom. The highest BCUT2D eigenvalue weighted by Crippen LogP contribution is 2.08. The molecule has 0 bridgehead atoms. The molecule has 21 heteroatoms. The van der Waals surface area contributed by atoms with Gasteiger partial charge in [0, 0.05) is 57.8 Å². The molecule has 0 saturated carbocycles. The van der Waals surface area contributed by atoms with Gasteiger partial charge in [-0.25, -0.2) is 19.2 Å². The first kappa shape index (κ1) is 54.1. The monoisotopic (exact) mass is 881 g/mol. The number of ether oxygens (including phenoxy) is 10. The van der Waals surface area contributed by atoms with Crippen molar-refractivity contribution in [1.29, 1.82) is 0 Å². The van der Waals surface area contributed by atoms with Gasteiger partial charge in [0.15, 0.2) is 0 Å². The molecule has 1 aliphatic heterocycles. The van der Waals surface area contributed by atoms with Crippen molar-refractivity contribution in [2.45, 2.75) is 44.9 Å². The number of alkyl carbamates (subject to hydrolysis) is 4. The van der Waals surface area contributed by atoms with E-state index in [0.717, 1.165) is 58.0 Å². The van der Waals surface area contributed by atoms with E-state index in [1.807, 2.05) is 0 Å². The Labute approximate surface area is 358 Å². The van der Waals surface area contributed by atoms with Gasteiger partial charge in [0.05, 0.1) is 72.7 Å². The Hall–Kier alpha value is -3.92. The average Bonchev–Trinajstić information content (AvgIpc) is 3.25. The lowest BCUT2D eigenvalue weighted by molar-refractivity contribution is -0.126. The van der Waals surface area contributed by atoms with E-state index in [1.165, 1.54) is 18.2 Å². The van der Waals surface area contributed by atoms with Gasteiger partial charge in [0.25, 0.3) is 0 Å². The number of unbranched alkanes of at least 4 members (excludes halogenated alkanes) is 3. The van der Waals surface area contributed by atoms with Gasteiger partial charge in [0.2, 0.25) is 5.91 Å². The molecule has 0 atom stereocenters. The smallest absolute Gasteiger partial charge is 0.407 e. The van der Waals surface area contributed by atoms with Crippen LogP contribution in [0.4, 0.5) is 19.2 Å². The zero-order chi connectivity index (χ0) is 43.4. The highest BCUT2D eigenvalue weighted by atomic mass is 35.5. The lowest BCUT2D eigenvalue weighted by Gasteiger charge is -2.25. The SMILES string of the molecule is O=C(NCCOCCOCCOC(=O)NC/C=C/C(=O)N1CCCCC1)OC/C=C/COC(=O)NCCOCCOCCOC(=O)NCCOCCOCCCCCCCl. The molecule has 0 radical (unpaired) electrons. The van der Waals surface area contributed by atoms with Crippen LogP contribution in [0.5, 0.6) is 0 Å². The Bertz CT molecular complexity index is 1170. The van der Waals surface area contributed by atoms with E-state index in [4.69, 9.17) is 59.0 Å². The van der Waals surface area contributed by atoms with Crippen LogP contribution in [0.15, 0.2) is 24.3 Å². The lowest BCUT2D eigenvalue weighted by atomic mass is 10.1. The predicted molar refractivity (Wildman–Crippen MR) is 220 cm³/mol. The summed E-state index contributed by atoms with van der Waals surface area (Å²) in [5.41, 5.74) is 0. The molecular formula is C39H68ClN5O15. The topological polar surface area (TPSA) is 229 Å². The van der Waals surface area contributed by atoms with Gasteiger partial charge in [0.1, 0.15) is 26.4 Å². The molecule has 0 aromatic carbocycles. The maximum Gasteiger partial charge on any atom is 0.407 e.